The molecule has 0 spiro atoms. The van der Waals surface area contributed by atoms with E-state index in [0.29, 0.717) is 25.2 Å². The smallest absolute Gasteiger partial charge is 0.341 e. The van der Waals surface area contributed by atoms with Crippen molar-refractivity contribution in [2.75, 3.05) is 37.3 Å². The Kier molecular flexibility index (Phi) is 4.96. The van der Waals surface area contributed by atoms with Crippen LogP contribution in [0.4, 0.5) is 10.1 Å². The molecule has 0 radical (unpaired) electrons. The summed E-state index contributed by atoms with van der Waals surface area (Å²) in [6.07, 6.45) is 2.40. The molecule has 2 aromatic rings. The molecule has 1 aliphatic heterocycles. The van der Waals surface area contributed by atoms with Crippen LogP contribution in [0.1, 0.15) is 17.3 Å². The highest BCUT2D eigenvalue weighted by Gasteiger charge is 2.26. The summed E-state index contributed by atoms with van der Waals surface area (Å²) >= 11 is 0. The van der Waals surface area contributed by atoms with E-state index in [4.69, 9.17) is 0 Å². The van der Waals surface area contributed by atoms with Crippen LogP contribution >= 0.6 is 0 Å². The van der Waals surface area contributed by atoms with Crippen molar-refractivity contribution < 1.29 is 22.7 Å². The number of aromatic carboxylic acids is 1. The van der Waals surface area contributed by atoms with E-state index in [1.54, 1.807) is 16.4 Å². The van der Waals surface area contributed by atoms with Gasteiger partial charge < -0.3 is 14.6 Å². The predicted octanol–water partition coefficient (Wildman–Crippen LogP) is 0.940. The Labute approximate surface area is 155 Å². The zero-order chi connectivity index (χ0) is 19.9. The minimum Gasteiger partial charge on any atom is -0.477 e. The lowest BCUT2D eigenvalue weighted by atomic mass is 10.1. The molecular formula is C17H20FN3O5S. The fourth-order valence-corrected chi connectivity index (χ4v) is 4.14. The summed E-state index contributed by atoms with van der Waals surface area (Å²) in [7, 11) is -3.29. The van der Waals surface area contributed by atoms with E-state index in [2.05, 4.69) is 0 Å². The minimum atomic E-state index is -3.29. The molecule has 0 aliphatic carbocycles. The van der Waals surface area contributed by atoms with Gasteiger partial charge in [0.1, 0.15) is 11.4 Å². The number of nitrogens with zero attached hydrogens (tertiary/aromatic N) is 3. The molecule has 8 nitrogen and oxygen atoms in total. The quantitative estimate of drug-likeness (QED) is 0.824. The van der Waals surface area contributed by atoms with Crippen molar-refractivity contribution in [3.05, 3.63) is 39.9 Å². The summed E-state index contributed by atoms with van der Waals surface area (Å²) in [5, 5.41) is 9.20. The number of rotatable bonds is 4. The summed E-state index contributed by atoms with van der Waals surface area (Å²) in [5.41, 5.74) is -0.428. The van der Waals surface area contributed by atoms with Gasteiger partial charge in [0, 0.05) is 44.3 Å². The van der Waals surface area contributed by atoms with Gasteiger partial charge in [0.25, 0.3) is 0 Å². The van der Waals surface area contributed by atoms with Crippen molar-refractivity contribution in [2.45, 2.75) is 13.5 Å². The average molecular weight is 397 g/mol. The van der Waals surface area contributed by atoms with Gasteiger partial charge in [-0.2, -0.15) is 4.31 Å². The first-order valence-corrected chi connectivity index (χ1v) is 10.3. The minimum absolute atomic E-state index is 0.00720. The van der Waals surface area contributed by atoms with Gasteiger partial charge in [-0.25, -0.2) is 17.6 Å². The lowest BCUT2D eigenvalue weighted by molar-refractivity contribution is 0.0695. The molecule has 1 saturated heterocycles. The van der Waals surface area contributed by atoms with Gasteiger partial charge in [-0.15, -0.1) is 0 Å². The maximum absolute atomic E-state index is 14.7. The lowest BCUT2D eigenvalue weighted by Gasteiger charge is -2.35. The molecule has 1 N–H and O–H groups in total. The van der Waals surface area contributed by atoms with Crippen molar-refractivity contribution >= 4 is 32.6 Å². The Hall–Kier alpha value is -2.46. The van der Waals surface area contributed by atoms with Crippen LogP contribution in [0.25, 0.3) is 10.9 Å². The number of aryl methyl sites for hydroxylation is 1. The van der Waals surface area contributed by atoms with Crippen molar-refractivity contribution in [1.29, 1.82) is 0 Å². The third-order valence-corrected chi connectivity index (χ3v) is 6.07. The maximum Gasteiger partial charge on any atom is 0.341 e. The van der Waals surface area contributed by atoms with Gasteiger partial charge in [-0.1, -0.05) is 0 Å². The maximum atomic E-state index is 14.7. The van der Waals surface area contributed by atoms with E-state index in [0.717, 1.165) is 12.3 Å². The highest BCUT2D eigenvalue weighted by molar-refractivity contribution is 7.88. The lowest BCUT2D eigenvalue weighted by Crippen LogP contribution is -2.48. The first-order valence-electron chi connectivity index (χ1n) is 8.43. The van der Waals surface area contributed by atoms with Gasteiger partial charge in [-0.3, -0.25) is 4.79 Å². The SMILES string of the molecule is CCn1cc(C(=O)O)c(=O)c2cc(F)c(N3CCN(S(C)(=O)=O)CC3)cc21. The molecule has 1 aliphatic rings. The van der Waals surface area contributed by atoms with Crippen molar-refractivity contribution in [2.24, 2.45) is 0 Å². The van der Waals surface area contributed by atoms with E-state index < -0.39 is 32.8 Å². The van der Waals surface area contributed by atoms with Crippen molar-refractivity contribution in [3.8, 4) is 0 Å². The molecule has 0 atom stereocenters. The number of benzene rings is 1. The van der Waals surface area contributed by atoms with Gasteiger partial charge in [0.05, 0.1) is 17.5 Å². The molecule has 1 aromatic carbocycles. The summed E-state index contributed by atoms with van der Waals surface area (Å²) < 4.78 is 40.9. The summed E-state index contributed by atoms with van der Waals surface area (Å²) in [6.45, 7) is 3.33. The molecule has 3 rings (SSSR count). The molecule has 0 unspecified atom stereocenters. The molecule has 2 heterocycles. The normalized spacial score (nSPS) is 16.0. The number of hydrogen-bond donors (Lipinski definition) is 1. The van der Waals surface area contributed by atoms with E-state index in [1.165, 1.54) is 16.6 Å². The van der Waals surface area contributed by atoms with E-state index in [-0.39, 0.29) is 24.2 Å². The van der Waals surface area contributed by atoms with Gasteiger partial charge >= 0.3 is 5.97 Å². The number of pyridine rings is 1. The van der Waals surface area contributed by atoms with Gasteiger partial charge in [0.15, 0.2) is 0 Å². The Balaban J connectivity index is 2.06. The van der Waals surface area contributed by atoms with Gasteiger partial charge in [-0.05, 0) is 19.1 Å². The summed E-state index contributed by atoms with van der Waals surface area (Å²) in [4.78, 5) is 25.4. The number of carboxylic acid groups (broad SMARTS) is 1. The first-order chi connectivity index (χ1) is 12.6. The third kappa shape index (κ3) is 3.54. The number of sulfonamides is 1. The van der Waals surface area contributed by atoms with E-state index >= 15 is 0 Å². The number of anilines is 1. The molecule has 0 bridgehead atoms. The fraction of sp³-hybridized carbons (Fsp3) is 0.412. The fourth-order valence-electron chi connectivity index (χ4n) is 3.32. The monoisotopic (exact) mass is 397 g/mol. The number of carboxylic acids is 1. The van der Waals surface area contributed by atoms with Crippen molar-refractivity contribution in [1.82, 2.24) is 8.87 Å². The number of carbonyl (C=O) groups is 1. The molecule has 0 saturated carbocycles. The second-order valence-corrected chi connectivity index (χ2v) is 8.42. The number of fused-ring (bicyclic) bond motifs is 1. The zero-order valence-corrected chi connectivity index (χ0v) is 15.8. The topological polar surface area (TPSA) is 99.9 Å². The standard InChI is InChI=1S/C17H20FN3O5S/c1-3-19-10-12(17(23)24)16(22)11-8-13(18)15(9-14(11)19)20-4-6-21(7-5-20)27(2,25)26/h8-10H,3-7H2,1-2H3,(H,23,24). The number of halogens is 1. The average Bonchev–Trinajstić information content (AvgIpc) is 2.61. The molecule has 27 heavy (non-hydrogen) atoms. The van der Waals surface area contributed by atoms with Crippen LogP contribution in [0.2, 0.25) is 0 Å². The molecule has 1 fully saturated rings. The molecular weight excluding hydrogens is 377 g/mol. The van der Waals surface area contributed by atoms with Crippen LogP contribution in [0.3, 0.4) is 0 Å². The van der Waals surface area contributed by atoms with Crippen LogP contribution < -0.4 is 10.3 Å². The van der Waals surface area contributed by atoms with Crippen LogP contribution in [-0.4, -0.2) is 60.8 Å². The van der Waals surface area contributed by atoms with Crippen LogP contribution in [-0.2, 0) is 16.6 Å². The van der Waals surface area contributed by atoms with Crippen LogP contribution in [0.15, 0.2) is 23.1 Å². The first kappa shape index (κ1) is 19.3. The molecule has 1 aromatic heterocycles. The zero-order valence-electron chi connectivity index (χ0n) is 15.0. The second kappa shape index (κ2) is 6.93. The molecule has 146 valence electrons. The summed E-state index contributed by atoms with van der Waals surface area (Å²) in [5.74, 6) is -2.00. The summed E-state index contributed by atoms with van der Waals surface area (Å²) in [6, 6.07) is 2.59. The van der Waals surface area contributed by atoms with Crippen LogP contribution in [0, 0.1) is 5.82 Å². The Morgan fingerprint density at radius 2 is 1.85 bits per heavy atom. The molecule has 10 heteroatoms. The Bertz CT molecular complexity index is 1070. The van der Waals surface area contributed by atoms with E-state index in [9.17, 15) is 27.5 Å². The number of aromatic nitrogens is 1. The highest BCUT2D eigenvalue weighted by Crippen LogP contribution is 2.26. The number of hydrogen-bond acceptors (Lipinski definition) is 5. The Morgan fingerprint density at radius 3 is 2.37 bits per heavy atom. The van der Waals surface area contributed by atoms with Gasteiger partial charge in [0.2, 0.25) is 15.5 Å². The molecule has 0 amide bonds. The largest absolute Gasteiger partial charge is 0.477 e. The second-order valence-electron chi connectivity index (χ2n) is 6.43. The van der Waals surface area contributed by atoms with E-state index in [1.807, 2.05) is 0 Å². The third-order valence-electron chi connectivity index (χ3n) is 4.77. The Morgan fingerprint density at radius 1 is 1.22 bits per heavy atom. The highest BCUT2D eigenvalue weighted by atomic mass is 32.2. The van der Waals surface area contributed by atoms with Crippen molar-refractivity contribution in [3.63, 3.8) is 0 Å². The predicted molar refractivity (Wildman–Crippen MR) is 99.4 cm³/mol. The van der Waals surface area contributed by atoms with Crippen LogP contribution in [0.5, 0.6) is 0 Å². The number of piperazine rings is 1.